The van der Waals surface area contributed by atoms with E-state index in [1.807, 2.05) is 18.1 Å². The number of carbonyl (C=O) groups is 2. The molecule has 0 saturated carbocycles. The second kappa shape index (κ2) is 11.4. The van der Waals surface area contributed by atoms with Crippen molar-refractivity contribution in [1.82, 2.24) is 0 Å². The van der Waals surface area contributed by atoms with Gasteiger partial charge in [-0.1, -0.05) is 53.6 Å². The lowest BCUT2D eigenvalue weighted by Gasteiger charge is -2.49. The fourth-order valence-corrected chi connectivity index (χ4v) is 15.0. The van der Waals surface area contributed by atoms with Crippen LogP contribution in [0.15, 0.2) is 5.11 Å². The summed E-state index contributed by atoms with van der Waals surface area (Å²) < 4.78 is 17.1. The summed E-state index contributed by atoms with van der Waals surface area (Å²) in [6.45, 7) is 18.2. The predicted molar refractivity (Wildman–Crippen MR) is 122 cm³/mol. The van der Waals surface area contributed by atoms with Crippen LogP contribution in [0.4, 0.5) is 0 Å². The summed E-state index contributed by atoms with van der Waals surface area (Å²) in [6, 6.07) is -0.608. The average molecular weight is 460 g/mol. The first-order valence-corrected chi connectivity index (χ1v) is 14.4. The molecule has 0 aromatic rings. The zero-order chi connectivity index (χ0) is 23.2. The highest BCUT2D eigenvalue weighted by atomic mass is 32.4. The van der Waals surface area contributed by atoms with E-state index in [1.54, 1.807) is 0 Å². The van der Waals surface area contributed by atoms with Crippen molar-refractivity contribution in [2.45, 2.75) is 103 Å². The third-order valence-electron chi connectivity index (χ3n) is 5.95. The molecule has 0 aromatic heterocycles. The van der Waals surface area contributed by atoms with Crippen molar-refractivity contribution in [1.29, 1.82) is 0 Å². The van der Waals surface area contributed by atoms with Crippen LogP contribution in [-0.4, -0.2) is 49.5 Å². The summed E-state index contributed by atoms with van der Waals surface area (Å²) in [5.74, 6) is -1.12. The summed E-state index contributed by atoms with van der Waals surface area (Å²) >= 11 is 1.89. The van der Waals surface area contributed by atoms with E-state index in [2.05, 4.69) is 51.6 Å². The van der Waals surface area contributed by atoms with Gasteiger partial charge in [-0.25, -0.2) is 0 Å². The van der Waals surface area contributed by atoms with Gasteiger partial charge in [0.15, 0.2) is 0 Å². The maximum absolute atomic E-state index is 11.7. The molecule has 0 radical (unpaired) electrons. The molecule has 1 fully saturated rings. The molecule has 1 aliphatic rings. The van der Waals surface area contributed by atoms with Gasteiger partial charge in [0.05, 0.1) is 6.04 Å². The first-order valence-electron chi connectivity index (χ1n) is 10.6. The van der Waals surface area contributed by atoms with Gasteiger partial charge in [0.25, 0.3) is 0 Å². The number of rotatable bonds is 9. The highest BCUT2D eigenvalue weighted by Gasteiger charge is 2.52. The van der Waals surface area contributed by atoms with Gasteiger partial charge in [-0.2, -0.15) is 11.2 Å². The molecule has 0 N–H and O–H groups in total. The largest absolute Gasteiger partial charge is 0.463 e. The lowest BCUT2D eigenvalue weighted by Crippen LogP contribution is -2.57. The Balaban J connectivity index is 3.36. The Morgan fingerprint density at radius 2 is 1.63 bits per heavy atom. The zero-order valence-corrected chi connectivity index (χ0v) is 21.4. The van der Waals surface area contributed by atoms with Crippen LogP contribution >= 0.6 is 11.2 Å². The Morgan fingerprint density at radius 1 is 1.10 bits per heavy atom. The second-order valence-electron chi connectivity index (χ2n) is 8.91. The summed E-state index contributed by atoms with van der Waals surface area (Å²) in [6.07, 6.45) is -1.50. The van der Waals surface area contributed by atoms with Crippen molar-refractivity contribution >= 4 is 30.4 Å². The van der Waals surface area contributed by atoms with Crippen LogP contribution in [0.1, 0.15) is 62.3 Å². The molecule has 30 heavy (non-hydrogen) atoms. The van der Waals surface area contributed by atoms with E-state index in [1.165, 1.54) is 13.8 Å². The molecule has 0 spiro atoms. The van der Waals surface area contributed by atoms with Gasteiger partial charge < -0.3 is 14.2 Å². The summed E-state index contributed by atoms with van der Waals surface area (Å²) in [7, 11) is -1.90. The molecule has 5 atom stereocenters. The Labute approximate surface area is 185 Å². The van der Waals surface area contributed by atoms with Crippen LogP contribution in [0.2, 0.25) is 16.6 Å². The number of nitrogens with zero attached hydrogens (tertiary/aromatic N) is 3. The summed E-state index contributed by atoms with van der Waals surface area (Å²) in [5, 5.41) is 3.98. The number of ether oxygens (including phenoxy) is 3. The van der Waals surface area contributed by atoms with E-state index >= 15 is 0 Å². The molecule has 0 bridgehead atoms. The molecular weight excluding hydrogens is 422 g/mol. The minimum Gasteiger partial charge on any atom is -0.463 e. The highest BCUT2D eigenvalue weighted by molar-refractivity contribution is 8.29. The molecule has 172 valence electrons. The predicted octanol–water partition coefficient (Wildman–Crippen LogP) is 5.43. The maximum Gasteiger partial charge on any atom is 0.303 e. The van der Waals surface area contributed by atoms with Crippen molar-refractivity contribution in [3.05, 3.63) is 10.4 Å². The number of hydrogen-bond acceptors (Lipinski definition) is 7. The van der Waals surface area contributed by atoms with Gasteiger partial charge in [0.2, 0.25) is 0 Å². The molecule has 1 rings (SSSR count). The lowest BCUT2D eigenvalue weighted by atomic mass is 9.91. The molecule has 1 heterocycles. The van der Waals surface area contributed by atoms with Crippen molar-refractivity contribution in [2.75, 3.05) is 6.61 Å². The first kappa shape index (κ1) is 26.8. The molecule has 0 aromatic carbocycles. The third-order valence-corrected chi connectivity index (χ3v) is 18.7. The number of esters is 2. The monoisotopic (exact) mass is 459 g/mol. The van der Waals surface area contributed by atoms with Crippen LogP contribution in [0.25, 0.3) is 10.4 Å². The van der Waals surface area contributed by atoms with Gasteiger partial charge in [-0.3, -0.25) is 9.59 Å². The SMILES string of the molecule is CC(=O)OC[C@H]1O[C@H](S[Si](C(C)C)(C(C)C)C(C)C)C(C)C(N=[N+]=[N-])C1OC(C)=O. The van der Waals surface area contributed by atoms with E-state index in [0.717, 1.165) is 0 Å². The van der Waals surface area contributed by atoms with Crippen molar-refractivity contribution in [2.24, 2.45) is 11.0 Å². The molecule has 0 aliphatic carbocycles. The molecule has 1 saturated heterocycles. The molecule has 10 heteroatoms. The van der Waals surface area contributed by atoms with E-state index in [9.17, 15) is 9.59 Å². The van der Waals surface area contributed by atoms with Crippen LogP contribution in [-0.2, 0) is 23.8 Å². The van der Waals surface area contributed by atoms with Crippen LogP contribution < -0.4 is 0 Å². The molecule has 1 aliphatic heterocycles. The standard InChI is InChI=1S/C20H37N3O5SSi/c1-11(2)30(12(3)4,13(5)6)29-20-14(7)18(22-23-21)19(27-16(9)25)17(28-20)10-26-15(8)24/h11-14,17-20H,10H2,1-9H3/t14?,17-,18?,19?,20-/m1/s1. The normalized spacial score (nSPS) is 27.1. The Morgan fingerprint density at radius 3 is 2.03 bits per heavy atom. The average Bonchev–Trinajstić information content (AvgIpc) is 2.61. The maximum atomic E-state index is 11.7. The van der Waals surface area contributed by atoms with E-state index in [0.29, 0.717) is 16.6 Å². The van der Waals surface area contributed by atoms with E-state index in [-0.39, 0.29) is 18.0 Å². The van der Waals surface area contributed by atoms with Gasteiger partial charge in [0, 0.05) is 24.7 Å². The molecule has 8 nitrogen and oxygen atoms in total. The molecule has 0 amide bonds. The van der Waals surface area contributed by atoms with Gasteiger partial charge in [0.1, 0.15) is 31.5 Å². The summed E-state index contributed by atoms with van der Waals surface area (Å²) in [5.41, 5.74) is 10.4. The van der Waals surface area contributed by atoms with Crippen molar-refractivity contribution in [3.63, 3.8) is 0 Å². The second-order valence-corrected chi connectivity index (χ2v) is 17.6. The van der Waals surface area contributed by atoms with E-state index < -0.39 is 37.4 Å². The summed E-state index contributed by atoms with van der Waals surface area (Å²) in [4.78, 5) is 26.1. The van der Waals surface area contributed by atoms with Gasteiger partial charge >= 0.3 is 11.9 Å². The van der Waals surface area contributed by atoms with Crippen LogP contribution in [0.5, 0.6) is 0 Å². The van der Waals surface area contributed by atoms with E-state index in [4.69, 9.17) is 19.7 Å². The number of hydrogen-bond donors (Lipinski definition) is 0. The Bertz CT molecular complexity index is 633. The van der Waals surface area contributed by atoms with Gasteiger partial charge in [-0.15, -0.1) is 0 Å². The van der Waals surface area contributed by atoms with Crippen LogP contribution in [0, 0.1) is 5.92 Å². The smallest absolute Gasteiger partial charge is 0.303 e. The quantitative estimate of drug-likeness (QED) is 0.149. The Kier molecular flexibility index (Phi) is 10.2. The first-order chi connectivity index (χ1) is 13.9. The Hall–Kier alpha value is -1.22. The lowest BCUT2D eigenvalue weighted by molar-refractivity contribution is -0.182. The fourth-order valence-electron chi connectivity index (χ4n) is 4.70. The zero-order valence-electron chi connectivity index (χ0n) is 19.6. The number of azide groups is 1. The van der Waals surface area contributed by atoms with Crippen LogP contribution in [0.3, 0.4) is 0 Å². The van der Waals surface area contributed by atoms with Crippen molar-refractivity contribution in [3.8, 4) is 0 Å². The number of carbonyl (C=O) groups excluding carboxylic acids is 2. The fraction of sp³-hybridized carbons (Fsp3) is 0.900. The highest BCUT2D eigenvalue weighted by Crippen LogP contribution is 2.53. The van der Waals surface area contributed by atoms with Gasteiger partial charge in [-0.05, 0) is 22.2 Å². The minimum absolute atomic E-state index is 0.0614. The topological polar surface area (TPSA) is 111 Å². The van der Waals surface area contributed by atoms with Crippen molar-refractivity contribution < 1.29 is 23.8 Å². The minimum atomic E-state index is -1.90. The molecule has 3 unspecified atom stereocenters. The third kappa shape index (κ3) is 6.15. The molecular formula is C20H37N3O5SSi.